The molecule has 0 spiro atoms. The van der Waals surface area contributed by atoms with Crippen LogP contribution in [-0.2, 0) is 11.3 Å². The van der Waals surface area contributed by atoms with Gasteiger partial charge in [0.2, 0.25) is 0 Å². The van der Waals surface area contributed by atoms with E-state index in [9.17, 15) is 13.9 Å². The van der Waals surface area contributed by atoms with Gasteiger partial charge in [0.25, 0.3) is 6.43 Å². The van der Waals surface area contributed by atoms with Gasteiger partial charge in [0, 0.05) is 40.8 Å². The molecule has 34 heavy (non-hydrogen) atoms. The lowest BCUT2D eigenvalue weighted by Crippen LogP contribution is -2.17. The summed E-state index contributed by atoms with van der Waals surface area (Å²) >= 11 is 0. The summed E-state index contributed by atoms with van der Waals surface area (Å²) in [5.74, 6) is 0.541. The highest BCUT2D eigenvalue weighted by atomic mass is 19.3. The Morgan fingerprint density at radius 1 is 1.18 bits per heavy atom. The van der Waals surface area contributed by atoms with Crippen molar-refractivity contribution in [1.29, 1.82) is 0 Å². The zero-order valence-corrected chi connectivity index (χ0v) is 18.6. The zero-order valence-electron chi connectivity index (χ0n) is 18.6. The van der Waals surface area contributed by atoms with E-state index in [1.165, 1.54) is 11.0 Å². The third-order valence-electron chi connectivity index (χ3n) is 5.79. The standard InChI is InChI=1S/C25H24F2N4O3/c1-15(32)18-9-19-21(10-22(18)34-17-7-8-33-13-17)28-14-29-25(19)20-11-31(12-23(26)27)30-24(20)16-5-3-2-4-6-16/h2-6,9-11,14-15,17,23,32H,7-8,12-13H2,1H3/t15-,17?/m0/s1. The monoisotopic (exact) mass is 466 g/mol. The van der Waals surface area contributed by atoms with Crippen molar-refractivity contribution in [3.05, 3.63) is 60.6 Å². The second kappa shape index (κ2) is 9.44. The molecule has 1 aliphatic heterocycles. The Morgan fingerprint density at radius 3 is 2.71 bits per heavy atom. The second-order valence-corrected chi connectivity index (χ2v) is 8.28. The third-order valence-corrected chi connectivity index (χ3v) is 5.79. The number of aliphatic hydroxyl groups is 1. The van der Waals surface area contributed by atoms with Crippen molar-refractivity contribution in [3.8, 4) is 28.3 Å². The summed E-state index contributed by atoms with van der Waals surface area (Å²) in [4.78, 5) is 8.90. The molecule has 0 bridgehead atoms. The van der Waals surface area contributed by atoms with Crippen LogP contribution >= 0.6 is 0 Å². The van der Waals surface area contributed by atoms with Gasteiger partial charge >= 0.3 is 0 Å². The molecule has 5 rings (SSSR count). The molecule has 176 valence electrons. The van der Waals surface area contributed by atoms with Gasteiger partial charge in [0.15, 0.2) is 0 Å². The molecule has 7 nitrogen and oxygen atoms in total. The topological polar surface area (TPSA) is 82.3 Å². The molecule has 0 aliphatic carbocycles. The van der Waals surface area contributed by atoms with Crippen LogP contribution in [0.25, 0.3) is 33.4 Å². The Balaban J connectivity index is 1.66. The Hall–Kier alpha value is -3.43. The van der Waals surface area contributed by atoms with Crippen LogP contribution in [0.15, 0.2) is 55.0 Å². The maximum Gasteiger partial charge on any atom is 0.257 e. The minimum Gasteiger partial charge on any atom is -0.487 e. The molecular weight excluding hydrogens is 442 g/mol. The first-order chi connectivity index (χ1) is 16.5. The number of hydrogen-bond donors (Lipinski definition) is 1. The van der Waals surface area contributed by atoms with E-state index in [4.69, 9.17) is 9.47 Å². The first-order valence-electron chi connectivity index (χ1n) is 11.1. The van der Waals surface area contributed by atoms with Crippen LogP contribution in [0.1, 0.15) is 25.0 Å². The third kappa shape index (κ3) is 4.49. The van der Waals surface area contributed by atoms with E-state index in [1.54, 1.807) is 25.3 Å². The van der Waals surface area contributed by atoms with Crippen LogP contribution in [-0.4, -0.2) is 50.6 Å². The van der Waals surface area contributed by atoms with E-state index in [0.717, 1.165) is 12.0 Å². The number of alkyl halides is 2. The smallest absolute Gasteiger partial charge is 0.257 e. The molecule has 9 heteroatoms. The van der Waals surface area contributed by atoms with Crippen LogP contribution in [0.4, 0.5) is 8.78 Å². The van der Waals surface area contributed by atoms with E-state index in [1.807, 2.05) is 30.3 Å². The molecule has 0 saturated carbocycles. The zero-order chi connectivity index (χ0) is 23.7. The van der Waals surface area contributed by atoms with Crippen molar-refractivity contribution in [2.75, 3.05) is 13.2 Å². The van der Waals surface area contributed by atoms with Gasteiger partial charge in [-0.15, -0.1) is 0 Å². The largest absolute Gasteiger partial charge is 0.487 e. The molecule has 1 saturated heterocycles. The van der Waals surface area contributed by atoms with E-state index in [2.05, 4.69) is 15.1 Å². The van der Waals surface area contributed by atoms with Crippen LogP contribution in [0.3, 0.4) is 0 Å². The average molecular weight is 466 g/mol. The lowest BCUT2D eigenvalue weighted by atomic mass is 9.99. The number of hydrogen-bond acceptors (Lipinski definition) is 6. The average Bonchev–Trinajstić information content (AvgIpc) is 3.48. The van der Waals surface area contributed by atoms with E-state index >= 15 is 0 Å². The van der Waals surface area contributed by atoms with E-state index < -0.39 is 19.1 Å². The van der Waals surface area contributed by atoms with Crippen LogP contribution in [0, 0.1) is 0 Å². The number of aliphatic hydroxyl groups excluding tert-OH is 1. The number of fused-ring (bicyclic) bond motifs is 1. The number of halogens is 2. The Morgan fingerprint density at radius 2 is 2.00 bits per heavy atom. The van der Waals surface area contributed by atoms with Gasteiger partial charge < -0.3 is 14.6 Å². The highest BCUT2D eigenvalue weighted by Gasteiger charge is 2.23. The summed E-state index contributed by atoms with van der Waals surface area (Å²) < 4.78 is 39.0. The van der Waals surface area contributed by atoms with Gasteiger partial charge in [-0.3, -0.25) is 4.68 Å². The van der Waals surface area contributed by atoms with Crippen molar-refractivity contribution in [3.63, 3.8) is 0 Å². The van der Waals surface area contributed by atoms with E-state index in [-0.39, 0.29) is 6.10 Å². The van der Waals surface area contributed by atoms with Crippen molar-refractivity contribution < 1.29 is 23.4 Å². The first-order valence-corrected chi connectivity index (χ1v) is 11.1. The maximum absolute atomic E-state index is 13.1. The predicted octanol–water partition coefficient (Wildman–Crippen LogP) is 4.65. The summed E-state index contributed by atoms with van der Waals surface area (Å²) in [6.07, 6.45) is 0.355. The normalized spacial score (nSPS) is 16.9. The number of ether oxygens (including phenoxy) is 2. The summed E-state index contributed by atoms with van der Waals surface area (Å²) in [6.45, 7) is 2.28. The molecule has 1 fully saturated rings. The van der Waals surface area contributed by atoms with Gasteiger partial charge in [-0.25, -0.2) is 18.7 Å². The molecule has 2 aromatic carbocycles. The number of aromatic nitrogens is 4. The SMILES string of the molecule is C[C@H](O)c1cc2c(-c3cn(CC(F)F)nc3-c3ccccc3)ncnc2cc1OC1CCOC1. The summed E-state index contributed by atoms with van der Waals surface area (Å²) in [6, 6.07) is 12.9. The molecule has 1 N–H and O–H groups in total. The summed E-state index contributed by atoms with van der Waals surface area (Å²) in [5, 5.41) is 15.6. The van der Waals surface area contributed by atoms with Gasteiger partial charge in [0.1, 0.15) is 30.4 Å². The lowest BCUT2D eigenvalue weighted by Gasteiger charge is -2.18. The highest BCUT2D eigenvalue weighted by Crippen LogP contribution is 2.38. The fourth-order valence-electron chi connectivity index (χ4n) is 4.17. The summed E-state index contributed by atoms with van der Waals surface area (Å²) in [5.41, 5.74) is 3.69. The van der Waals surface area contributed by atoms with Crippen molar-refractivity contribution >= 4 is 10.9 Å². The number of rotatable bonds is 7. The summed E-state index contributed by atoms with van der Waals surface area (Å²) in [7, 11) is 0. The molecule has 1 unspecified atom stereocenters. The van der Waals surface area contributed by atoms with Crippen molar-refractivity contribution in [1.82, 2.24) is 19.7 Å². The molecule has 2 atom stereocenters. The van der Waals surface area contributed by atoms with Crippen LogP contribution in [0.5, 0.6) is 5.75 Å². The maximum atomic E-state index is 13.1. The Kier molecular flexibility index (Phi) is 6.21. The molecule has 3 heterocycles. The van der Waals surface area contributed by atoms with Crippen molar-refractivity contribution in [2.45, 2.75) is 38.5 Å². The lowest BCUT2D eigenvalue weighted by molar-refractivity contribution is 0.122. The van der Waals surface area contributed by atoms with Crippen LogP contribution < -0.4 is 4.74 Å². The van der Waals surface area contributed by atoms with Gasteiger partial charge in [0.05, 0.1) is 30.5 Å². The van der Waals surface area contributed by atoms with Crippen LogP contribution in [0.2, 0.25) is 0 Å². The fourth-order valence-corrected chi connectivity index (χ4v) is 4.17. The second-order valence-electron chi connectivity index (χ2n) is 8.28. The number of nitrogens with zero attached hydrogens (tertiary/aromatic N) is 4. The molecule has 2 aromatic heterocycles. The predicted molar refractivity (Wildman–Crippen MR) is 123 cm³/mol. The Labute approximate surface area is 195 Å². The van der Waals surface area contributed by atoms with Gasteiger partial charge in [-0.1, -0.05) is 30.3 Å². The Bertz CT molecular complexity index is 1290. The van der Waals surface area contributed by atoms with E-state index in [0.29, 0.717) is 52.4 Å². The minimum absolute atomic E-state index is 0.0893. The minimum atomic E-state index is -2.54. The van der Waals surface area contributed by atoms with Crippen molar-refractivity contribution in [2.24, 2.45) is 0 Å². The highest BCUT2D eigenvalue weighted by molar-refractivity contribution is 5.96. The fraction of sp³-hybridized carbons (Fsp3) is 0.320. The quantitative estimate of drug-likeness (QED) is 0.427. The molecule has 4 aromatic rings. The van der Waals surface area contributed by atoms with Gasteiger partial charge in [-0.2, -0.15) is 5.10 Å². The molecular formula is C25H24F2N4O3. The molecule has 1 aliphatic rings. The molecule has 0 amide bonds. The number of benzene rings is 2. The first kappa shape index (κ1) is 22.4. The van der Waals surface area contributed by atoms with Gasteiger partial charge in [-0.05, 0) is 13.0 Å². The molecule has 0 radical (unpaired) electrons.